The number of hydrogen-bond donors (Lipinski definition) is 2. The molecule has 2 rings (SSSR count). The van der Waals surface area contributed by atoms with E-state index in [9.17, 15) is 5.11 Å². The summed E-state index contributed by atoms with van der Waals surface area (Å²) in [5.41, 5.74) is 1.34. The highest BCUT2D eigenvalue weighted by atomic mass is 16.3. The van der Waals surface area contributed by atoms with E-state index >= 15 is 0 Å². The number of nitrogens with one attached hydrogen (secondary N) is 1. The third-order valence-corrected chi connectivity index (χ3v) is 3.17. The van der Waals surface area contributed by atoms with Gasteiger partial charge in [0.25, 0.3) is 0 Å². The molecule has 0 radical (unpaired) electrons. The predicted octanol–water partition coefficient (Wildman–Crippen LogP) is 1.30. The number of rotatable bonds is 3. The number of hydrogen-bond acceptors (Lipinski definition) is 4. The van der Waals surface area contributed by atoms with Crippen molar-refractivity contribution in [1.29, 1.82) is 0 Å². The van der Waals surface area contributed by atoms with E-state index in [-0.39, 0.29) is 0 Å². The van der Waals surface area contributed by atoms with Gasteiger partial charge in [-0.25, -0.2) is 0 Å². The van der Waals surface area contributed by atoms with Crippen molar-refractivity contribution in [3.8, 4) is 0 Å². The van der Waals surface area contributed by atoms with Crippen LogP contribution in [0.2, 0.25) is 0 Å². The minimum atomic E-state index is -0.776. The molecular formula is C14H21N3O. The van der Waals surface area contributed by atoms with E-state index in [1.807, 2.05) is 31.3 Å². The molecule has 0 spiro atoms. The second-order valence-electron chi connectivity index (χ2n) is 5.24. The fourth-order valence-corrected chi connectivity index (χ4v) is 1.93. The molecule has 0 saturated carbocycles. The molecule has 1 aromatic carbocycles. The van der Waals surface area contributed by atoms with Gasteiger partial charge in [0.1, 0.15) is 0 Å². The Morgan fingerprint density at radius 2 is 2.00 bits per heavy atom. The number of nitrogens with zero attached hydrogens (tertiary/aromatic N) is 2. The summed E-state index contributed by atoms with van der Waals surface area (Å²) >= 11 is 0. The standard InChI is InChI=1S/C14H21N3O/c1-14(2,18)12-6-4-11(5-7-12)10-16-13-15-8-9-17(13)3/h4-7,18H,8-10H2,1-3H3,(H,15,16). The molecule has 0 unspecified atom stereocenters. The summed E-state index contributed by atoms with van der Waals surface area (Å²) in [6, 6.07) is 8.01. The molecule has 0 atom stereocenters. The summed E-state index contributed by atoms with van der Waals surface area (Å²) in [5, 5.41) is 13.2. The Hall–Kier alpha value is -1.55. The highest BCUT2D eigenvalue weighted by Gasteiger charge is 2.15. The fourth-order valence-electron chi connectivity index (χ4n) is 1.93. The van der Waals surface area contributed by atoms with Crippen LogP contribution in [0.15, 0.2) is 29.3 Å². The van der Waals surface area contributed by atoms with Crippen molar-refractivity contribution in [3.63, 3.8) is 0 Å². The van der Waals surface area contributed by atoms with Crippen molar-refractivity contribution in [2.24, 2.45) is 4.99 Å². The van der Waals surface area contributed by atoms with E-state index in [0.717, 1.165) is 31.2 Å². The van der Waals surface area contributed by atoms with E-state index < -0.39 is 5.60 Å². The van der Waals surface area contributed by atoms with Gasteiger partial charge in [-0.15, -0.1) is 0 Å². The maximum Gasteiger partial charge on any atom is 0.194 e. The van der Waals surface area contributed by atoms with Gasteiger partial charge in [0, 0.05) is 20.1 Å². The van der Waals surface area contributed by atoms with Crippen LogP contribution in [0.4, 0.5) is 0 Å². The van der Waals surface area contributed by atoms with Crippen LogP contribution < -0.4 is 5.32 Å². The summed E-state index contributed by atoms with van der Waals surface area (Å²) in [4.78, 5) is 6.50. The van der Waals surface area contributed by atoms with Crippen LogP contribution in [0, 0.1) is 0 Å². The van der Waals surface area contributed by atoms with Crippen LogP contribution >= 0.6 is 0 Å². The first kappa shape index (κ1) is 12.9. The number of benzene rings is 1. The first-order valence-electron chi connectivity index (χ1n) is 6.28. The maximum absolute atomic E-state index is 9.88. The average Bonchev–Trinajstić information content (AvgIpc) is 2.72. The lowest BCUT2D eigenvalue weighted by Gasteiger charge is -2.18. The Balaban J connectivity index is 1.95. The molecule has 1 aliphatic heterocycles. The van der Waals surface area contributed by atoms with Crippen LogP contribution in [-0.4, -0.2) is 36.1 Å². The Labute approximate surface area is 108 Å². The first-order chi connectivity index (χ1) is 8.47. The van der Waals surface area contributed by atoms with Crippen LogP contribution in [0.3, 0.4) is 0 Å². The molecule has 0 saturated heterocycles. The molecule has 98 valence electrons. The third kappa shape index (κ3) is 3.01. The number of aliphatic imine (C=N–C) groups is 1. The van der Waals surface area contributed by atoms with E-state index in [2.05, 4.69) is 15.2 Å². The smallest absolute Gasteiger partial charge is 0.194 e. The maximum atomic E-state index is 9.88. The molecule has 1 heterocycles. The first-order valence-corrected chi connectivity index (χ1v) is 6.28. The van der Waals surface area contributed by atoms with Gasteiger partial charge in [0.05, 0.1) is 12.1 Å². The zero-order valence-electron chi connectivity index (χ0n) is 11.3. The van der Waals surface area contributed by atoms with Crippen molar-refractivity contribution in [2.75, 3.05) is 20.1 Å². The Morgan fingerprint density at radius 3 is 2.50 bits per heavy atom. The largest absolute Gasteiger partial charge is 0.386 e. The predicted molar refractivity (Wildman–Crippen MR) is 73.5 cm³/mol. The van der Waals surface area contributed by atoms with Gasteiger partial charge in [-0.05, 0) is 25.0 Å². The summed E-state index contributed by atoms with van der Waals surface area (Å²) in [5.74, 6) is 0.960. The zero-order valence-corrected chi connectivity index (χ0v) is 11.3. The van der Waals surface area contributed by atoms with Crippen molar-refractivity contribution in [3.05, 3.63) is 35.4 Å². The molecule has 1 aliphatic rings. The number of aliphatic hydroxyl groups is 1. The van der Waals surface area contributed by atoms with Gasteiger partial charge >= 0.3 is 0 Å². The van der Waals surface area contributed by atoms with Crippen molar-refractivity contribution >= 4 is 5.96 Å². The minimum absolute atomic E-state index is 0.759. The molecule has 0 aliphatic carbocycles. The van der Waals surface area contributed by atoms with Gasteiger partial charge in [0.15, 0.2) is 5.96 Å². The summed E-state index contributed by atoms with van der Waals surface area (Å²) in [6.07, 6.45) is 0. The summed E-state index contributed by atoms with van der Waals surface area (Å²) < 4.78 is 0. The van der Waals surface area contributed by atoms with Crippen LogP contribution in [-0.2, 0) is 12.1 Å². The molecule has 1 aromatic rings. The fraction of sp³-hybridized carbons (Fsp3) is 0.500. The van der Waals surface area contributed by atoms with Crippen LogP contribution in [0.1, 0.15) is 25.0 Å². The van der Waals surface area contributed by atoms with Gasteiger partial charge in [-0.1, -0.05) is 24.3 Å². The molecule has 2 N–H and O–H groups in total. The van der Waals surface area contributed by atoms with Crippen LogP contribution in [0.25, 0.3) is 0 Å². The second kappa shape index (κ2) is 4.98. The zero-order chi connectivity index (χ0) is 13.2. The molecule has 0 aromatic heterocycles. The molecular weight excluding hydrogens is 226 g/mol. The van der Waals surface area contributed by atoms with Gasteiger partial charge in [-0.3, -0.25) is 4.99 Å². The molecule has 18 heavy (non-hydrogen) atoms. The van der Waals surface area contributed by atoms with Crippen molar-refractivity contribution in [1.82, 2.24) is 10.2 Å². The third-order valence-electron chi connectivity index (χ3n) is 3.17. The molecule has 0 bridgehead atoms. The van der Waals surface area contributed by atoms with Crippen molar-refractivity contribution in [2.45, 2.75) is 26.0 Å². The summed E-state index contributed by atoms with van der Waals surface area (Å²) in [7, 11) is 2.04. The SMILES string of the molecule is CN1CCN=C1NCc1ccc(C(C)(C)O)cc1. The lowest BCUT2D eigenvalue weighted by Crippen LogP contribution is -2.35. The van der Waals surface area contributed by atoms with Gasteiger partial charge < -0.3 is 15.3 Å². The topological polar surface area (TPSA) is 47.9 Å². The number of guanidine groups is 1. The quantitative estimate of drug-likeness (QED) is 0.846. The van der Waals surface area contributed by atoms with E-state index in [4.69, 9.17) is 0 Å². The second-order valence-corrected chi connectivity index (χ2v) is 5.24. The minimum Gasteiger partial charge on any atom is -0.386 e. The van der Waals surface area contributed by atoms with Crippen molar-refractivity contribution < 1.29 is 5.11 Å². The molecule has 4 heteroatoms. The lowest BCUT2D eigenvalue weighted by atomic mass is 9.97. The lowest BCUT2D eigenvalue weighted by molar-refractivity contribution is 0.0786. The highest BCUT2D eigenvalue weighted by molar-refractivity contribution is 5.81. The van der Waals surface area contributed by atoms with Gasteiger partial charge in [-0.2, -0.15) is 0 Å². The molecule has 0 fully saturated rings. The highest BCUT2D eigenvalue weighted by Crippen LogP contribution is 2.19. The Bertz CT molecular complexity index is 431. The molecule has 0 amide bonds. The molecule has 4 nitrogen and oxygen atoms in total. The van der Waals surface area contributed by atoms with Gasteiger partial charge in [0.2, 0.25) is 0 Å². The summed E-state index contributed by atoms with van der Waals surface area (Å²) in [6.45, 7) is 6.21. The Morgan fingerprint density at radius 1 is 1.33 bits per heavy atom. The van der Waals surface area contributed by atoms with E-state index in [0.29, 0.717) is 0 Å². The van der Waals surface area contributed by atoms with E-state index in [1.54, 1.807) is 13.8 Å². The van der Waals surface area contributed by atoms with Crippen LogP contribution in [0.5, 0.6) is 0 Å². The van der Waals surface area contributed by atoms with E-state index in [1.165, 1.54) is 5.56 Å². The monoisotopic (exact) mass is 247 g/mol. The number of likely N-dealkylation sites (N-methyl/N-ethyl adjacent to an activating group) is 1. The normalized spacial score (nSPS) is 15.8. The average molecular weight is 247 g/mol. The Kier molecular flexibility index (Phi) is 3.57.